The zero-order chi connectivity index (χ0) is 20.5. The molecule has 29 heavy (non-hydrogen) atoms. The fourth-order valence-corrected chi connectivity index (χ4v) is 3.00. The number of pyridine rings is 1. The van der Waals surface area contributed by atoms with Crippen LogP contribution in [0.4, 0.5) is 5.82 Å². The Balaban J connectivity index is 1.57. The van der Waals surface area contributed by atoms with Crippen molar-refractivity contribution < 1.29 is 14.2 Å². The summed E-state index contributed by atoms with van der Waals surface area (Å²) < 4.78 is 17.3. The molecule has 0 unspecified atom stereocenters. The van der Waals surface area contributed by atoms with E-state index in [-0.39, 0.29) is 0 Å². The molecule has 0 atom stereocenters. The van der Waals surface area contributed by atoms with E-state index in [1.807, 2.05) is 54.6 Å². The zero-order valence-electron chi connectivity index (χ0n) is 17.2. The molecule has 0 saturated heterocycles. The Morgan fingerprint density at radius 3 is 2.34 bits per heavy atom. The van der Waals surface area contributed by atoms with Gasteiger partial charge in [-0.1, -0.05) is 44.2 Å². The van der Waals surface area contributed by atoms with Crippen molar-refractivity contribution in [1.29, 1.82) is 0 Å². The van der Waals surface area contributed by atoms with Crippen molar-refractivity contribution in [1.82, 2.24) is 4.98 Å². The van der Waals surface area contributed by atoms with Gasteiger partial charge in [0.2, 0.25) is 0 Å². The molecule has 0 aliphatic carbocycles. The van der Waals surface area contributed by atoms with Crippen LogP contribution in [0.2, 0.25) is 0 Å². The third-order valence-electron chi connectivity index (χ3n) is 4.51. The molecule has 0 aliphatic rings. The molecule has 5 nitrogen and oxygen atoms in total. The van der Waals surface area contributed by atoms with E-state index in [0.29, 0.717) is 37.2 Å². The lowest BCUT2D eigenvalue weighted by atomic mass is 10.0. The molecule has 0 amide bonds. The quantitative estimate of drug-likeness (QED) is 0.476. The van der Waals surface area contributed by atoms with Crippen LogP contribution in [0.25, 0.3) is 0 Å². The molecule has 1 aromatic heterocycles. The highest BCUT2D eigenvalue weighted by Gasteiger charge is 2.09. The number of para-hydroxylation sites is 1. The lowest BCUT2D eigenvalue weighted by Gasteiger charge is -2.15. The molecule has 0 saturated carbocycles. The van der Waals surface area contributed by atoms with Crippen molar-refractivity contribution >= 4 is 5.82 Å². The normalized spacial score (nSPS) is 10.6. The molecule has 2 aromatic carbocycles. The zero-order valence-corrected chi connectivity index (χ0v) is 17.2. The molecule has 5 heteroatoms. The molecule has 0 bridgehead atoms. The number of aromatic nitrogens is 1. The molecule has 3 rings (SSSR count). The summed E-state index contributed by atoms with van der Waals surface area (Å²) in [6.07, 6.45) is 1.77. The summed E-state index contributed by atoms with van der Waals surface area (Å²) in [6.45, 7) is 5.86. The highest BCUT2D eigenvalue weighted by Crippen LogP contribution is 2.29. The fraction of sp³-hybridized carbons (Fsp3) is 0.292. The maximum atomic E-state index is 5.95. The van der Waals surface area contributed by atoms with Crippen LogP contribution in [-0.2, 0) is 6.54 Å². The molecule has 152 valence electrons. The number of ether oxygens (including phenoxy) is 3. The minimum Gasteiger partial charge on any atom is -0.493 e. The highest BCUT2D eigenvalue weighted by molar-refractivity contribution is 5.44. The Hall–Kier alpha value is -3.21. The SMILES string of the molecule is COc1ccc(CNc2ccccn2)cc1OCCOc1ccccc1C(C)C. The summed E-state index contributed by atoms with van der Waals surface area (Å²) in [7, 11) is 1.64. The molecule has 0 spiro atoms. The van der Waals surface area contributed by atoms with E-state index in [9.17, 15) is 0 Å². The van der Waals surface area contributed by atoms with Gasteiger partial charge >= 0.3 is 0 Å². The number of hydrogen-bond donors (Lipinski definition) is 1. The van der Waals surface area contributed by atoms with Crippen LogP contribution in [0.5, 0.6) is 17.2 Å². The van der Waals surface area contributed by atoms with Crippen molar-refractivity contribution in [3.8, 4) is 17.2 Å². The fourth-order valence-electron chi connectivity index (χ4n) is 3.00. The first-order valence-corrected chi connectivity index (χ1v) is 9.83. The summed E-state index contributed by atoms with van der Waals surface area (Å²) in [5, 5.41) is 3.30. The summed E-state index contributed by atoms with van der Waals surface area (Å²) in [6, 6.07) is 19.8. The number of methoxy groups -OCH3 is 1. The molecular weight excluding hydrogens is 364 g/mol. The van der Waals surface area contributed by atoms with Gasteiger partial charge in [-0.3, -0.25) is 0 Å². The molecular formula is C24H28N2O3. The van der Waals surface area contributed by atoms with Gasteiger partial charge in [-0.2, -0.15) is 0 Å². The van der Waals surface area contributed by atoms with Crippen LogP contribution in [0.1, 0.15) is 30.9 Å². The second-order valence-electron chi connectivity index (χ2n) is 6.94. The standard InChI is InChI=1S/C24H28N2O3/c1-18(2)20-8-4-5-9-21(20)28-14-15-29-23-16-19(11-12-22(23)27-3)17-26-24-10-6-7-13-25-24/h4-13,16,18H,14-15,17H2,1-3H3,(H,25,26). The van der Waals surface area contributed by atoms with Crippen LogP contribution >= 0.6 is 0 Å². The molecule has 0 fully saturated rings. The van der Waals surface area contributed by atoms with Crippen LogP contribution in [0.15, 0.2) is 66.9 Å². The van der Waals surface area contributed by atoms with Crippen LogP contribution in [0, 0.1) is 0 Å². The molecule has 1 N–H and O–H groups in total. The van der Waals surface area contributed by atoms with E-state index >= 15 is 0 Å². The summed E-state index contributed by atoms with van der Waals surface area (Å²) in [5.74, 6) is 3.56. The molecule has 3 aromatic rings. The van der Waals surface area contributed by atoms with Gasteiger partial charge in [-0.25, -0.2) is 4.98 Å². The van der Waals surface area contributed by atoms with Gasteiger partial charge < -0.3 is 19.5 Å². The monoisotopic (exact) mass is 392 g/mol. The molecule has 0 radical (unpaired) electrons. The number of rotatable bonds is 10. The second kappa shape index (κ2) is 10.4. The predicted octanol–water partition coefficient (Wildman–Crippen LogP) is 5.28. The Morgan fingerprint density at radius 1 is 0.862 bits per heavy atom. The van der Waals surface area contributed by atoms with Crippen molar-refractivity contribution in [2.75, 3.05) is 25.6 Å². The maximum absolute atomic E-state index is 5.95. The molecule has 0 aliphatic heterocycles. The average molecular weight is 392 g/mol. The van der Waals surface area contributed by atoms with E-state index in [0.717, 1.165) is 17.1 Å². The van der Waals surface area contributed by atoms with Crippen molar-refractivity contribution in [2.24, 2.45) is 0 Å². The Bertz CT molecular complexity index is 898. The van der Waals surface area contributed by atoms with E-state index < -0.39 is 0 Å². The third-order valence-corrected chi connectivity index (χ3v) is 4.51. The van der Waals surface area contributed by atoms with Crippen LogP contribution in [-0.4, -0.2) is 25.3 Å². The average Bonchev–Trinajstić information content (AvgIpc) is 2.76. The third kappa shape index (κ3) is 5.88. The van der Waals surface area contributed by atoms with E-state index in [2.05, 4.69) is 30.2 Å². The first-order valence-electron chi connectivity index (χ1n) is 9.83. The van der Waals surface area contributed by atoms with Crippen LogP contribution < -0.4 is 19.5 Å². The van der Waals surface area contributed by atoms with Gasteiger partial charge in [0.05, 0.1) is 7.11 Å². The van der Waals surface area contributed by atoms with Crippen molar-refractivity contribution in [3.63, 3.8) is 0 Å². The van der Waals surface area contributed by atoms with E-state index in [1.54, 1.807) is 13.3 Å². The summed E-state index contributed by atoms with van der Waals surface area (Å²) in [4.78, 5) is 4.28. The Kier molecular flexibility index (Phi) is 7.34. The minimum atomic E-state index is 0.412. The topological polar surface area (TPSA) is 52.6 Å². The van der Waals surface area contributed by atoms with E-state index in [4.69, 9.17) is 14.2 Å². The largest absolute Gasteiger partial charge is 0.493 e. The van der Waals surface area contributed by atoms with E-state index in [1.165, 1.54) is 5.56 Å². The summed E-state index contributed by atoms with van der Waals surface area (Å²) >= 11 is 0. The van der Waals surface area contributed by atoms with Crippen LogP contribution in [0.3, 0.4) is 0 Å². The molecule has 1 heterocycles. The predicted molar refractivity (Wildman–Crippen MR) is 116 cm³/mol. The Morgan fingerprint density at radius 2 is 1.62 bits per heavy atom. The first kappa shape index (κ1) is 20.5. The van der Waals surface area contributed by atoms with Gasteiger partial charge in [-0.15, -0.1) is 0 Å². The minimum absolute atomic E-state index is 0.412. The van der Waals surface area contributed by atoms with Gasteiger partial charge in [0.15, 0.2) is 11.5 Å². The number of nitrogens with zero attached hydrogens (tertiary/aromatic N) is 1. The van der Waals surface area contributed by atoms with Gasteiger partial charge in [0.1, 0.15) is 24.8 Å². The van der Waals surface area contributed by atoms with Gasteiger partial charge in [0, 0.05) is 12.7 Å². The number of benzene rings is 2. The Labute approximate surface area is 172 Å². The lowest BCUT2D eigenvalue weighted by Crippen LogP contribution is -2.11. The maximum Gasteiger partial charge on any atom is 0.161 e. The smallest absolute Gasteiger partial charge is 0.161 e. The lowest BCUT2D eigenvalue weighted by molar-refractivity contribution is 0.209. The first-order chi connectivity index (χ1) is 14.2. The number of hydrogen-bond acceptors (Lipinski definition) is 5. The van der Waals surface area contributed by atoms with Gasteiger partial charge in [0.25, 0.3) is 0 Å². The highest BCUT2D eigenvalue weighted by atomic mass is 16.5. The number of nitrogens with one attached hydrogen (secondary N) is 1. The summed E-state index contributed by atoms with van der Waals surface area (Å²) in [5.41, 5.74) is 2.28. The van der Waals surface area contributed by atoms with Crippen molar-refractivity contribution in [2.45, 2.75) is 26.3 Å². The van der Waals surface area contributed by atoms with Crippen molar-refractivity contribution in [3.05, 3.63) is 78.0 Å². The second-order valence-corrected chi connectivity index (χ2v) is 6.94. The number of anilines is 1. The van der Waals surface area contributed by atoms with Gasteiger partial charge in [-0.05, 0) is 47.4 Å².